The molecule has 2 aromatic rings. The van der Waals surface area contributed by atoms with Crippen molar-refractivity contribution < 1.29 is 4.79 Å². The van der Waals surface area contributed by atoms with Crippen LogP contribution in [0.4, 0.5) is 0 Å². The average Bonchev–Trinajstić information content (AvgIpc) is 3.01. The molecule has 0 bridgehead atoms. The third kappa shape index (κ3) is 2.83. The van der Waals surface area contributed by atoms with E-state index in [4.69, 9.17) is 11.6 Å². The zero-order valence-corrected chi connectivity index (χ0v) is 12.2. The molecular weight excluding hydrogens is 284 g/mol. The molecule has 21 heavy (non-hydrogen) atoms. The van der Waals surface area contributed by atoms with E-state index in [1.807, 2.05) is 60.7 Å². The SMILES string of the molecule is O=C(CCl)N1N=C(c2ccccc2)CC1c1ccccc1. The second kappa shape index (κ2) is 6.10. The van der Waals surface area contributed by atoms with Crippen LogP contribution in [0.25, 0.3) is 0 Å². The number of nitrogens with zero attached hydrogens (tertiary/aromatic N) is 2. The second-order valence-electron chi connectivity index (χ2n) is 4.92. The predicted molar refractivity (Wildman–Crippen MR) is 84.3 cm³/mol. The topological polar surface area (TPSA) is 32.7 Å². The minimum absolute atomic E-state index is 0.0606. The van der Waals surface area contributed by atoms with Crippen molar-refractivity contribution in [2.24, 2.45) is 5.10 Å². The normalized spacial score (nSPS) is 17.7. The molecule has 2 aromatic carbocycles. The zero-order chi connectivity index (χ0) is 14.7. The van der Waals surface area contributed by atoms with Gasteiger partial charge >= 0.3 is 0 Å². The van der Waals surface area contributed by atoms with E-state index in [0.29, 0.717) is 6.42 Å². The molecule has 0 N–H and O–H groups in total. The van der Waals surface area contributed by atoms with Gasteiger partial charge in [-0.2, -0.15) is 5.10 Å². The van der Waals surface area contributed by atoms with Crippen molar-refractivity contribution in [3.8, 4) is 0 Å². The molecule has 1 atom stereocenters. The van der Waals surface area contributed by atoms with Crippen LogP contribution in [-0.2, 0) is 4.79 Å². The van der Waals surface area contributed by atoms with Crippen LogP contribution in [-0.4, -0.2) is 22.5 Å². The highest BCUT2D eigenvalue weighted by molar-refractivity contribution is 6.27. The molecule has 106 valence electrons. The monoisotopic (exact) mass is 298 g/mol. The van der Waals surface area contributed by atoms with Crippen molar-refractivity contribution in [1.82, 2.24) is 5.01 Å². The maximum Gasteiger partial charge on any atom is 0.258 e. The Labute approximate surface area is 128 Å². The maximum atomic E-state index is 12.1. The van der Waals surface area contributed by atoms with E-state index in [1.165, 1.54) is 5.01 Å². The molecule has 0 radical (unpaired) electrons. The summed E-state index contributed by atoms with van der Waals surface area (Å²) in [6.45, 7) is 0. The summed E-state index contributed by atoms with van der Waals surface area (Å²) in [5.41, 5.74) is 3.04. The molecule has 4 heteroatoms. The highest BCUT2D eigenvalue weighted by atomic mass is 35.5. The Balaban J connectivity index is 1.95. The van der Waals surface area contributed by atoms with Gasteiger partial charge in [0.05, 0.1) is 11.8 Å². The van der Waals surface area contributed by atoms with Gasteiger partial charge in [0.2, 0.25) is 0 Å². The molecule has 0 aromatic heterocycles. The van der Waals surface area contributed by atoms with Crippen molar-refractivity contribution in [2.75, 3.05) is 5.88 Å². The van der Waals surface area contributed by atoms with Crippen molar-refractivity contribution in [3.63, 3.8) is 0 Å². The van der Waals surface area contributed by atoms with E-state index in [0.717, 1.165) is 16.8 Å². The van der Waals surface area contributed by atoms with E-state index >= 15 is 0 Å². The Morgan fingerprint density at radius 1 is 1.10 bits per heavy atom. The number of benzene rings is 2. The third-order valence-corrected chi connectivity index (χ3v) is 3.80. The molecule has 0 saturated carbocycles. The summed E-state index contributed by atoms with van der Waals surface area (Å²) in [6, 6.07) is 19.8. The fraction of sp³-hybridized carbons (Fsp3) is 0.176. The molecule has 0 fully saturated rings. The lowest BCUT2D eigenvalue weighted by Crippen LogP contribution is -2.27. The summed E-state index contributed by atoms with van der Waals surface area (Å²) in [5, 5.41) is 6.02. The number of halogens is 1. The molecule has 0 aliphatic carbocycles. The van der Waals surface area contributed by atoms with Crippen LogP contribution in [0.15, 0.2) is 65.8 Å². The van der Waals surface area contributed by atoms with Crippen molar-refractivity contribution >= 4 is 23.2 Å². The highest BCUT2D eigenvalue weighted by Crippen LogP contribution is 2.32. The number of hydrogen-bond donors (Lipinski definition) is 0. The van der Waals surface area contributed by atoms with E-state index in [2.05, 4.69) is 5.10 Å². The summed E-state index contributed by atoms with van der Waals surface area (Å²) < 4.78 is 0. The van der Waals surface area contributed by atoms with Gasteiger partial charge in [0.25, 0.3) is 5.91 Å². The molecule has 0 saturated heterocycles. The molecule has 3 rings (SSSR count). The second-order valence-corrected chi connectivity index (χ2v) is 5.18. The van der Waals surface area contributed by atoms with Gasteiger partial charge in [0.15, 0.2) is 0 Å². The van der Waals surface area contributed by atoms with E-state index in [-0.39, 0.29) is 17.8 Å². The van der Waals surface area contributed by atoms with Gasteiger partial charge in [-0.25, -0.2) is 5.01 Å². The number of carbonyl (C=O) groups excluding carboxylic acids is 1. The fourth-order valence-electron chi connectivity index (χ4n) is 2.54. The number of carbonyl (C=O) groups is 1. The first-order valence-corrected chi connectivity index (χ1v) is 7.39. The standard InChI is InChI=1S/C17H15ClN2O/c18-12-17(21)20-16(14-9-5-2-6-10-14)11-15(19-20)13-7-3-1-4-8-13/h1-10,16H,11-12H2. The van der Waals surface area contributed by atoms with Crippen LogP contribution in [0, 0.1) is 0 Å². The smallest absolute Gasteiger partial charge is 0.258 e. The summed E-state index contributed by atoms with van der Waals surface area (Å²) >= 11 is 5.72. The minimum atomic E-state index is -0.170. The Morgan fingerprint density at radius 2 is 1.71 bits per heavy atom. The fourth-order valence-corrected chi connectivity index (χ4v) is 2.66. The van der Waals surface area contributed by atoms with Gasteiger partial charge in [0.1, 0.15) is 5.88 Å². The Bertz CT molecular complexity index is 655. The first-order valence-electron chi connectivity index (χ1n) is 6.85. The van der Waals surface area contributed by atoms with Crippen molar-refractivity contribution in [1.29, 1.82) is 0 Å². The lowest BCUT2D eigenvalue weighted by atomic mass is 9.98. The summed E-state index contributed by atoms with van der Waals surface area (Å²) in [5.74, 6) is -0.231. The largest absolute Gasteiger partial charge is 0.272 e. The molecule has 0 spiro atoms. The van der Waals surface area contributed by atoms with Gasteiger partial charge in [-0.3, -0.25) is 4.79 Å². The molecular formula is C17H15ClN2O. The van der Waals surface area contributed by atoms with Gasteiger partial charge in [-0.15, -0.1) is 11.6 Å². The third-order valence-electron chi connectivity index (χ3n) is 3.57. The van der Waals surface area contributed by atoms with Crippen LogP contribution in [0.5, 0.6) is 0 Å². The van der Waals surface area contributed by atoms with Gasteiger partial charge in [0, 0.05) is 6.42 Å². The molecule has 1 aliphatic rings. The number of hydrazone groups is 1. The van der Waals surface area contributed by atoms with E-state index in [9.17, 15) is 4.79 Å². The molecule has 3 nitrogen and oxygen atoms in total. The lowest BCUT2D eigenvalue weighted by molar-refractivity contribution is -0.130. The maximum absolute atomic E-state index is 12.1. The number of alkyl halides is 1. The number of rotatable bonds is 3. The first kappa shape index (κ1) is 13.8. The van der Waals surface area contributed by atoms with Crippen molar-refractivity contribution in [3.05, 3.63) is 71.8 Å². The van der Waals surface area contributed by atoms with Gasteiger partial charge in [-0.05, 0) is 11.1 Å². The molecule has 1 heterocycles. The highest BCUT2D eigenvalue weighted by Gasteiger charge is 2.32. The Hall–Kier alpha value is -2.13. The first-order chi connectivity index (χ1) is 10.3. The average molecular weight is 299 g/mol. The van der Waals surface area contributed by atoms with Crippen LogP contribution < -0.4 is 0 Å². The van der Waals surface area contributed by atoms with Crippen LogP contribution in [0.2, 0.25) is 0 Å². The Kier molecular flexibility index (Phi) is 4.02. The Morgan fingerprint density at radius 3 is 2.33 bits per heavy atom. The summed E-state index contributed by atoms with van der Waals surface area (Å²) in [6.07, 6.45) is 0.705. The molecule has 1 amide bonds. The van der Waals surface area contributed by atoms with Crippen LogP contribution in [0.3, 0.4) is 0 Å². The van der Waals surface area contributed by atoms with Crippen LogP contribution in [0.1, 0.15) is 23.6 Å². The van der Waals surface area contributed by atoms with Crippen LogP contribution >= 0.6 is 11.6 Å². The van der Waals surface area contributed by atoms with Gasteiger partial charge < -0.3 is 0 Å². The summed E-state index contributed by atoms with van der Waals surface area (Å²) in [7, 11) is 0. The summed E-state index contributed by atoms with van der Waals surface area (Å²) in [4.78, 5) is 12.1. The molecule has 1 aliphatic heterocycles. The zero-order valence-electron chi connectivity index (χ0n) is 11.4. The lowest BCUT2D eigenvalue weighted by Gasteiger charge is -2.21. The van der Waals surface area contributed by atoms with E-state index in [1.54, 1.807) is 0 Å². The molecule has 1 unspecified atom stereocenters. The van der Waals surface area contributed by atoms with Crippen molar-refractivity contribution in [2.45, 2.75) is 12.5 Å². The number of hydrogen-bond acceptors (Lipinski definition) is 2. The van der Waals surface area contributed by atoms with Gasteiger partial charge in [-0.1, -0.05) is 60.7 Å². The van der Waals surface area contributed by atoms with E-state index < -0.39 is 0 Å². The quantitative estimate of drug-likeness (QED) is 0.797. The minimum Gasteiger partial charge on any atom is -0.272 e. The number of amides is 1. The predicted octanol–water partition coefficient (Wildman–Crippen LogP) is 3.60.